The molecule has 1 atom stereocenters. The average molecular weight is 250 g/mol. The summed E-state index contributed by atoms with van der Waals surface area (Å²) in [4.78, 5) is 0. The van der Waals surface area contributed by atoms with Crippen molar-refractivity contribution in [3.63, 3.8) is 0 Å². The maximum atomic E-state index is 11.9. The predicted octanol–water partition coefficient (Wildman–Crippen LogP) is 0.468. The zero-order chi connectivity index (χ0) is 12.0. The summed E-state index contributed by atoms with van der Waals surface area (Å²) >= 11 is 0. The predicted molar refractivity (Wildman–Crippen MR) is 63.3 cm³/mol. The minimum atomic E-state index is -3.30. The van der Waals surface area contributed by atoms with Crippen molar-refractivity contribution in [1.82, 2.24) is 9.03 Å². The van der Waals surface area contributed by atoms with E-state index in [2.05, 4.69) is 4.72 Å². The third kappa shape index (κ3) is 3.69. The van der Waals surface area contributed by atoms with E-state index < -0.39 is 10.2 Å². The maximum absolute atomic E-state index is 11.9. The molecule has 0 saturated carbocycles. The Balaban J connectivity index is 2.55. The van der Waals surface area contributed by atoms with E-state index in [0.717, 1.165) is 25.7 Å². The van der Waals surface area contributed by atoms with Gasteiger partial charge < -0.3 is 5.11 Å². The van der Waals surface area contributed by atoms with Crippen LogP contribution in [0.1, 0.15) is 39.0 Å². The quantitative estimate of drug-likeness (QED) is 0.690. The summed E-state index contributed by atoms with van der Waals surface area (Å²) < 4.78 is 28.0. The maximum Gasteiger partial charge on any atom is 0.279 e. The van der Waals surface area contributed by atoms with Gasteiger partial charge in [0.05, 0.1) is 0 Å². The summed E-state index contributed by atoms with van der Waals surface area (Å²) in [7, 11) is -3.30. The van der Waals surface area contributed by atoms with E-state index in [0.29, 0.717) is 19.5 Å². The molecule has 96 valence electrons. The Kier molecular flexibility index (Phi) is 5.68. The molecule has 0 bridgehead atoms. The molecule has 0 spiro atoms. The van der Waals surface area contributed by atoms with Crippen LogP contribution in [-0.2, 0) is 10.2 Å². The zero-order valence-electron chi connectivity index (χ0n) is 9.85. The van der Waals surface area contributed by atoms with Crippen molar-refractivity contribution in [1.29, 1.82) is 0 Å². The van der Waals surface area contributed by atoms with Gasteiger partial charge in [-0.05, 0) is 32.1 Å². The van der Waals surface area contributed by atoms with Crippen molar-refractivity contribution >= 4 is 10.2 Å². The molecule has 5 nitrogen and oxygen atoms in total. The molecule has 1 aliphatic heterocycles. The van der Waals surface area contributed by atoms with Gasteiger partial charge in [0, 0.05) is 25.7 Å². The fourth-order valence-electron chi connectivity index (χ4n) is 2.05. The van der Waals surface area contributed by atoms with Gasteiger partial charge in [0.1, 0.15) is 0 Å². The zero-order valence-corrected chi connectivity index (χ0v) is 10.7. The van der Waals surface area contributed by atoms with Gasteiger partial charge in [0.2, 0.25) is 0 Å². The molecule has 0 radical (unpaired) electrons. The van der Waals surface area contributed by atoms with Crippen LogP contribution in [0, 0.1) is 0 Å². The van der Waals surface area contributed by atoms with E-state index in [-0.39, 0.29) is 12.6 Å². The molecule has 1 rings (SSSR count). The second-order valence-electron chi connectivity index (χ2n) is 4.17. The first-order chi connectivity index (χ1) is 7.61. The lowest BCUT2D eigenvalue weighted by Gasteiger charge is -2.23. The summed E-state index contributed by atoms with van der Waals surface area (Å²) in [6.07, 6.45) is 4.05. The summed E-state index contributed by atoms with van der Waals surface area (Å²) in [5.74, 6) is 0. The topological polar surface area (TPSA) is 69.6 Å². The van der Waals surface area contributed by atoms with Gasteiger partial charge in [0.15, 0.2) is 0 Å². The van der Waals surface area contributed by atoms with E-state index >= 15 is 0 Å². The number of hydrogen-bond donors (Lipinski definition) is 2. The van der Waals surface area contributed by atoms with Gasteiger partial charge in [-0.1, -0.05) is 6.92 Å². The molecule has 2 N–H and O–H groups in total. The van der Waals surface area contributed by atoms with Gasteiger partial charge in [-0.15, -0.1) is 0 Å². The molecular weight excluding hydrogens is 228 g/mol. The summed E-state index contributed by atoms with van der Waals surface area (Å²) in [6.45, 7) is 3.17. The van der Waals surface area contributed by atoms with Crippen LogP contribution in [0.5, 0.6) is 0 Å². The van der Waals surface area contributed by atoms with Crippen LogP contribution in [0.3, 0.4) is 0 Å². The van der Waals surface area contributed by atoms with Crippen LogP contribution >= 0.6 is 0 Å². The Hall–Kier alpha value is -0.170. The fraction of sp³-hybridized carbons (Fsp3) is 1.00. The number of nitrogens with zero attached hydrogens (tertiary/aromatic N) is 1. The molecule has 1 fully saturated rings. The first-order valence-corrected chi connectivity index (χ1v) is 7.43. The van der Waals surface area contributed by atoms with E-state index in [1.54, 1.807) is 4.31 Å². The minimum Gasteiger partial charge on any atom is -0.396 e. The first kappa shape index (κ1) is 13.9. The van der Waals surface area contributed by atoms with Crippen molar-refractivity contribution in [2.45, 2.75) is 45.1 Å². The van der Waals surface area contributed by atoms with Crippen LogP contribution in [0.15, 0.2) is 0 Å². The summed E-state index contributed by atoms with van der Waals surface area (Å²) in [5, 5.41) is 8.77. The molecule has 1 heterocycles. The first-order valence-electron chi connectivity index (χ1n) is 5.99. The molecule has 1 unspecified atom stereocenters. The number of aliphatic hydroxyl groups is 1. The molecule has 0 aromatic rings. The largest absolute Gasteiger partial charge is 0.396 e. The third-order valence-corrected chi connectivity index (χ3v) is 4.53. The number of nitrogens with one attached hydrogen (secondary N) is 1. The molecule has 0 aliphatic carbocycles. The van der Waals surface area contributed by atoms with E-state index in [9.17, 15) is 8.42 Å². The number of rotatable bonds is 7. The molecule has 1 aliphatic rings. The lowest BCUT2D eigenvalue weighted by Crippen LogP contribution is -2.43. The monoisotopic (exact) mass is 250 g/mol. The van der Waals surface area contributed by atoms with Crippen molar-refractivity contribution in [2.75, 3.05) is 19.7 Å². The van der Waals surface area contributed by atoms with Crippen molar-refractivity contribution in [3.8, 4) is 0 Å². The normalized spacial score (nSPS) is 22.8. The number of aliphatic hydroxyl groups excluding tert-OH is 1. The minimum absolute atomic E-state index is 0.0708. The van der Waals surface area contributed by atoms with Crippen molar-refractivity contribution in [2.24, 2.45) is 0 Å². The molecule has 0 aromatic carbocycles. The molecule has 6 heteroatoms. The Labute approximate surface area is 98.0 Å². The molecule has 0 aromatic heterocycles. The highest BCUT2D eigenvalue weighted by molar-refractivity contribution is 7.87. The Morgan fingerprint density at radius 1 is 1.50 bits per heavy atom. The summed E-state index contributed by atoms with van der Waals surface area (Å²) in [5.41, 5.74) is 0. The van der Waals surface area contributed by atoms with Gasteiger partial charge in [-0.2, -0.15) is 12.7 Å². The van der Waals surface area contributed by atoms with Gasteiger partial charge >= 0.3 is 0 Å². The SMILES string of the molecule is CCCNS(=O)(=O)N1CCCC1CCCO. The average Bonchev–Trinajstić information content (AvgIpc) is 2.72. The third-order valence-electron chi connectivity index (χ3n) is 2.86. The van der Waals surface area contributed by atoms with Crippen LogP contribution in [0.4, 0.5) is 0 Å². The van der Waals surface area contributed by atoms with Crippen molar-refractivity contribution in [3.05, 3.63) is 0 Å². The van der Waals surface area contributed by atoms with Gasteiger partial charge in [-0.3, -0.25) is 0 Å². The Morgan fingerprint density at radius 3 is 2.88 bits per heavy atom. The lowest BCUT2D eigenvalue weighted by atomic mass is 10.1. The standard InChI is InChI=1S/C10H22N2O3S/c1-2-7-11-16(14,15)12-8-3-5-10(12)6-4-9-13/h10-11,13H,2-9H2,1H3. The van der Waals surface area contributed by atoms with Gasteiger partial charge in [-0.25, -0.2) is 4.72 Å². The van der Waals surface area contributed by atoms with E-state index in [1.807, 2.05) is 6.92 Å². The van der Waals surface area contributed by atoms with Gasteiger partial charge in [0.25, 0.3) is 10.2 Å². The second-order valence-corrected chi connectivity index (χ2v) is 5.88. The highest BCUT2D eigenvalue weighted by atomic mass is 32.2. The fourth-order valence-corrected chi connectivity index (χ4v) is 3.66. The Morgan fingerprint density at radius 2 is 2.25 bits per heavy atom. The molecule has 1 saturated heterocycles. The molecule has 16 heavy (non-hydrogen) atoms. The Bertz CT molecular complexity index is 292. The van der Waals surface area contributed by atoms with Crippen LogP contribution < -0.4 is 4.72 Å². The van der Waals surface area contributed by atoms with Crippen LogP contribution in [-0.4, -0.2) is 43.6 Å². The highest BCUT2D eigenvalue weighted by Gasteiger charge is 2.33. The summed E-state index contributed by atoms with van der Waals surface area (Å²) in [6, 6.07) is 0.0708. The van der Waals surface area contributed by atoms with Crippen LogP contribution in [0.25, 0.3) is 0 Å². The van der Waals surface area contributed by atoms with E-state index in [1.165, 1.54) is 0 Å². The molecule has 0 amide bonds. The highest BCUT2D eigenvalue weighted by Crippen LogP contribution is 2.23. The second kappa shape index (κ2) is 6.54. The smallest absolute Gasteiger partial charge is 0.279 e. The van der Waals surface area contributed by atoms with E-state index in [4.69, 9.17) is 5.11 Å². The lowest BCUT2D eigenvalue weighted by molar-refractivity contribution is 0.263. The number of hydrogen-bond acceptors (Lipinski definition) is 3. The molecular formula is C10H22N2O3S. The van der Waals surface area contributed by atoms with Crippen molar-refractivity contribution < 1.29 is 13.5 Å². The van der Waals surface area contributed by atoms with Crippen LogP contribution in [0.2, 0.25) is 0 Å².